The SMILES string of the molecule is CN1CCC(N2CCC(Nc3cccc4c3cc(C#CCNc3ccc(S(C)(=O)=O)nc3)n4CC(F)(F)F)CC2)CC1. The molecule has 0 unspecified atom stereocenters. The fourth-order valence-electron chi connectivity index (χ4n) is 5.84. The summed E-state index contributed by atoms with van der Waals surface area (Å²) in [4.78, 5) is 8.90. The molecule has 2 fully saturated rings. The third kappa shape index (κ3) is 7.56. The van der Waals surface area contributed by atoms with E-state index in [1.54, 1.807) is 24.3 Å². The predicted molar refractivity (Wildman–Crippen MR) is 159 cm³/mol. The Balaban J connectivity index is 1.29. The molecule has 2 saturated heterocycles. The van der Waals surface area contributed by atoms with E-state index in [0.29, 0.717) is 17.2 Å². The molecule has 1 aromatic carbocycles. The average molecular weight is 603 g/mol. The fourth-order valence-corrected chi connectivity index (χ4v) is 6.40. The number of fused-ring (bicyclic) bond motifs is 1. The van der Waals surface area contributed by atoms with Crippen LogP contribution in [0.5, 0.6) is 0 Å². The zero-order valence-corrected chi connectivity index (χ0v) is 24.7. The molecule has 2 aromatic heterocycles. The first-order chi connectivity index (χ1) is 20.0. The van der Waals surface area contributed by atoms with Crippen molar-refractivity contribution in [3.05, 3.63) is 48.3 Å². The molecule has 0 saturated carbocycles. The number of hydrogen-bond donors (Lipinski definition) is 2. The minimum absolute atomic E-state index is 0.0389. The number of halogens is 3. The van der Waals surface area contributed by atoms with Crippen molar-refractivity contribution in [2.45, 2.75) is 55.5 Å². The van der Waals surface area contributed by atoms with Crippen molar-refractivity contribution < 1.29 is 21.6 Å². The van der Waals surface area contributed by atoms with Gasteiger partial charge in [-0.1, -0.05) is 12.0 Å². The van der Waals surface area contributed by atoms with Gasteiger partial charge in [0.1, 0.15) is 6.54 Å². The highest BCUT2D eigenvalue weighted by Gasteiger charge is 2.31. The van der Waals surface area contributed by atoms with Crippen molar-refractivity contribution >= 4 is 32.1 Å². The molecule has 42 heavy (non-hydrogen) atoms. The first-order valence-electron chi connectivity index (χ1n) is 14.2. The van der Waals surface area contributed by atoms with Crippen molar-refractivity contribution in [1.82, 2.24) is 19.4 Å². The highest BCUT2D eigenvalue weighted by atomic mass is 32.2. The van der Waals surface area contributed by atoms with Crippen LogP contribution in [0.15, 0.2) is 47.6 Å². The second-order valence-electron chi connectivity index (χ2n) is 11.3. The summed E-state index contributed by atoms with van der Waals surface area (Å²) >= 11 is 0. The number of rotatable bonds is 7. The van der Waals surface area contributed by atoms with Gasteiger partial charge >= 0.3 is 6.18 Å². The quantitative estimate of drug-likeness (QED) is 0.387. The molecule has 8 nitrogen and oxygen atoms in total. The van der Waals surface area contributed by atoms with Gasteiger partial charge in [-0.25, -0.2) is 13.4 Å². The van der Waals surface area contributed by atoms with Gasteiger partial charge in [-0.3, -0.25) is 0 Å². The topological polar surface area (TPSA) is 82.5 Å². The minimum Gasteiger partial charge on any atom is -0.382 e. The van der Waals surface area contributed by atoms with Crippen molar-refractivity contribution in [1.29, 1.82) is 0 Å². The fraction of sp³-hybridized carbons (Fsp3) is 0.500. The Bertz CT molecular complexity index is 1540. The summed E-state index contributed by atoms with van der Waals surface area (Å²) in [7, 11) is -1.23. The average Bonchev–Trinajstić information content (AvgIpc) is 3.28. The maximum Gasteiger partial charge on any atom is 0.406 e. The first kappa shape index (κ1) is 30.2. The summed E-state index contributed by atoms with van der Waals surface area (Å²) in [5.74, 6) is 5.80. The van der Waals surface area contributed by atoms with Crippen LogP contribution < -0.4 is 10.6 Å². The maximum atomic E-state index is 13.6. The van der Waals surface area contributed by atoms with E-state index in [1.165, 1.54) is 29.7 Å². The van der Waals surface area contributed by atoms with Gasteiger partial charge in [-0.2, -0.15) is 13.2 Å². The van der Waals surface area contributed by atoms with E-state index in [2.05, 4.69) is 44.3 Å². The van der Waals surface area contributed by atoms with Crippen molar-refractivity contribution in [2.75, 3.05) is 56.7 Å². The summed E-state index contributed by atoms with van der Waals surface area (Å²) in [5.41, 5.74) is 2.14. The molecule has 2 aliphatic rings. The van der Waals surface area contributed by atoms with E-state index >= 15 is 0 Å². The van der Waals surface area contributed by atoms with Crippen LogP contribution in [0.25, 0.3) is 10.9 Å². The number of pyridine rings is 1. The Morgan fingerprint density at radius 1 is 1.05 bits per heavy atom. The summed E-state index contributed by atoms with van der Waals surface area (Å²) in [6.45, 7) is 3.33. The lowest BCUT2D eigenvalue weighted by Gasteiger charge is -2.41. The number of benzene rings is 1. The molecule has 4 heterocycles. The molecule has 0 spiro atoms. The van der Waals surface area contributed by atoms with Crippen LogP contribution >= 0.6 is 0 Å². The van der Waals surface area contributed by atoms with Crippen molar-refractivity contribution in [3.63, 3.8) is 0 Å². The highest BCUT2D eigenvalue weighted by molar-refractivity contribution is 7.90. The van der Waals surface area contributed by atoms with Crippen LogP contribution in [-0.2, 0) is 16.4 Å². The van der Waals surface area contributed by atoms with E-state index < -0.39 is 22.6 Å². The third-order valence-corrected chi connectivity index (χ3v) is 9.09. The largest absolute Gasteiger partial charge is 0.406 e. The van der Waals surface area contributed by atoms with E-state index in [4.69, 9.17) is 0 Å². The first-order valence-corrected chi connectivity index (χ1v) is 16.1. The minimum atomic E-state index is -4.40. The number of sulfone groups is 1. The van der Waals surface area contributed by atoms with Crippen LogP contribution in [0.1, 0.15) is 31.4 Å². The van der Waals surface area contributed by atoms with Crippen LogP contribution in [0.4, 0.5) is 24.5 Å². The van der Waals surface area contributed by atoms with Gasteiger partial charge in [0.25, 0.3) is 0 Å². The zero-order valence-electron chi connectivity index (χ0n) is 23.9. The molecule has 0 aliphatic carbocycles. The van der Waals surface area contributed by atoms with Crippen LogP contribution in [-0.4, -0.2) is 92.1 Å². The number of alkyl halides is 3. The van der Waals surface area contributed by atoms with E-state index in [0.717, 1.165) is 56.4 Å². The molecule has 3 aromatic rings. The zero-order chi connectivity index (χ0) is 29.9. The van der Waals surface area contributed by atoms with Crippen LogP contribution in [0.2, 0.25) is 0 Å². The molecule has 12 heteroatoms. The van der Waals surface area contributed by atoms with Gasteiger partial charge in [-0.05, 0) is 82.1 Å². The number of likely N-dealkylation sites (tertiary alicyclic amines) is 2. The van der Waals surface area contributed by atoms with E-state index in [-0.39, 0.29) is 23.3 Å². The molecule has 2 aliphatic heterocycles. The number of nitrogens with zero attached hydrogens (tertiary/aromatic N) is 4. The molecule has 0 amide bonds. The molecular weight excluding hydrogens is 565 g/mol. The summed E-state index contributed by atoms with van der Waals surface area (Å²) < 4.78 is 65.1. The third-order valence-electron chi connectivity index (χ3n) is 8.09. The van der Waals surface area contributed by atoms with E-state index in [9.17, 15) is 21.6 Å². The Labute approximate surface area is 245 Å². The summed E-state index contributed by atoms with van der Waals surface area (Å²) in [6.07, 6.45) is 2.44. The Morgan fingerprint density at radius 2 is 1.79 bits per heavy atom. The van der Waals surface area contributed by atoms with Gasteiger partial charge in [0.15, 0.2) is 14.9 Å². The van der Waals surface area contributed by atoms with Gasteiger partial charge < -0.3 is 25.0 Å². The summed E-state index contributed by atoms with van der Waals surface area (Å²) in [6, 6.07) is 11.0. The van der Waals surface area contributed by atoms with Gasteiger partial charge in [0.2, 0.25) is 0 Å². The molecule has 0 bridgehead atoms. The molecule has 5 rings (SSSR count). The van der Waals surface area contributed by atoms with Gasteiger partial charge in [0, 0.05) is 42.5 Å². The number of hydrogen-bond acceptors (Lipinski definition) is 7. The second kappa shape index (κ2) is 12.5. The highest BCUT2D eigenvalue weighted by Crippen LogP contribution is 2.32. The van der Waals surface area contributed by atoms with Gasteiger partial charge in [0.05, 0.1) is 29.6 Å². The number of aromatic nitrogens is 2. The Kier molecular flexibility index (Phi) is 9.01. The molecule has 0 radical (unpaired) electrons. The lowest BCUT2D eigenvalue weighted by Crippen LogP contribution is -2.48. The Morgan fingerprint density at radius 3 is 2.43 bits per heavy atom. The normalized spacial score (nSPS) is 18.1. The van der Waals surface area contributed by atoms with E-state index in [1.807, 2.05) is 6.07 Å². The van der Waals surface area contributed by atoms with Crippen LogP contribution in [0.3, 0.4) is 0 Å². The maximum absolute atomic E-state index is 13.6. The number of anilines is 2. The standard InChI is InChI=1S/C30H37F3N6O2S/c1-37-15-12-24(13-16-37)38-17-10-22(11-18-38)36-27-6-3-7-28-26(27)19-25(39(28)21-30(31,32)33)5-4-14-34-23-8-9-29(35-20-23)42(2,40)41/h3,6-9,19-20,22,24,34,36H,10-18,21H2,1-2H3. The van der Waals surface area contributed by atoms with Gasteiger partial charge in [-0.15, -0.1) is 0 Å². The smallest absolute Gasteiger partial charge is 0.382 e. The number of piperidine rings is 2. The lowest BCUT2D eigenvalue weighted by atomic mass is 9.97. The lowest BCUT2D eigenvalue weighted by molar-refractivity contribution is -0.140. The molecule has 0 atom stereocenters. The molecular formula is C30H37F3N6O2S. The van der Waals surface area contributed by atoms with Crippen molar-refractivity contribution in [2.24, 2.45) is 0 Å². The summed E-state index contributed by atoms with van der Waals surface area (Å²) in [5, 5.41) is 7.31. The molecule has 226 valence electrons. The molecule has 2 N–H and O–H groups in total. The van der Waals surface area contributed by atoms with Crippen molar-refractivity contribution in [3.8, 4) is 11.8 Å². The predicted octanol–water partition coefficient (Wildman–Crippen LogP) is 4.44. The monoisotopic (exact) mass is 602 g/mol. The second-order valence-corrected chi connectivity index (χ2v) is 13.2. The Hall–Kier alpha value is -3.27. The van der Waals surface area contributed by atoms with Crippen LogP contribution in [0, 0.1) is 11.8 Å². The number of nitrogens with one attached hydrogen (secondary N) is 2.